The van der Waals surface area contributed by atoms with Crippen molar-refractivity contribution in [3.8, 4) is 34.5 Å². The van der Waals surface area contributed by atoms with Crippen LogP contribution in [0, 0.1) is 0 Å². The van der Waals surface area contributed by atoms with Crippen LogP contribution in [0.5, 0.6) is 34.5 Å². The molecule has 36 heavy (non-hydrogen) atoms. The highest BCUT2D eigenvalue weighted by atomic mass is 16.6. The maximum Gasteiger partial charge on any atom is 0.345 e. The summed E-state index contributed by atoms with van der Waals surface area (Å²) < 4.78 is 5.16. The number of carboxylic acids is 1. The first kappa shape index (κ1) is 24.0. The number of hydrogen-bond donors (Lipinski definition) is 7. The molecule has 1 aliphatic carbocycles. The van der Waals surface area contributed by atoms with Gasteiger partial charge in [-0.2, -0.15) is 0 Å². The van der Waals surface area contributed by atoms with Crippen molar-refractivity contribution >= 4 is 29.2 Å². The van der Waals surface area contributed by atoms with E-state index in [1.165, 1.54) is 48.5 Å². The van der Waals surface area contributed by atoms with Crippen molar-refractivity contribution in [2.45, 2.75) is 12.5 Å². The van der Waals surface area contributed by atoms with Gasteiger partial charge in [-0.05, 0) is 70.3 Å². The molecule has 3 aromatic rings. The van der Waals surface area contributed by atoms with E-state index >= 15 is 0 Å². The number of allylic oxidation sites excluding steroid dienone is 2. The van der Waals surface area contributed by atoms with Gasteiger partial charge in [0.25, 0.3) is 0 Å². The number of phenols is 6. The highest BCUT2D eigenvalue weighted by Gasteiger charge is 2.28. The van der Waals surface area contributed by atoms with E-state index in [0.29, 0.717) is 22.3 Å². The van der Waals surface area contributed by atoms with Gasteiger partial charge < -0.3 is 40.5 Å². The van der Waals surface area contributed by atoms with Gasteiger partial charge in [0.2, 0.25) is 6.10 Å². The third kappa shape index (κ3) is 4.60. The molecule has 3 aromatic carbocycles. The van der Waals surface area contributed by atoms with Crippen LogP contribution < -0.4 is 0 Å². The summed E-state index contributed by atoms with van der Waals surface area (Å²) in [6.45, 7) is 0. The highest BCUT2D eigenvalue weighted by molar-refractivity contribution is 6.21. The Morgan fingerprint density at radius 1 is 0.806 bits per heavy atom. The minimum absolute atomic E-state index is 0.186. The Labute approximate surface area is 203 Å². The van der Waals surface area contributed by atoms with Gasteiger partial charge in [0, 0.05) is 18.1 Å². The van der Waals surface area contributed by atoms with Crippen LogP contribution in [0.1, 0.15) is 22.3 Å². The number of phenolic OH excluding ortho intramolecular Hbond substituents is 6. The van der Waals surface area contributed by atoms with Gasteiger partial charge in [0.15, 0.2) is 34.5 Å². The summed E-state index contributed by atoms with van der Waals surface area (Å²) in [6, 6.07) is 10.3. The maximum atomic E-state index is 12.8. The summed E-state index contributed by atoms with van der Waals surface area (Å²) in [4.78, 5) is 24.5. The Bertz CT molecular complexity index is 1450. The predicted molar refractivity (Wildman–Crippen MR) is 126 cm³/mol. The van der Waals surface area contributed by atoms with Gasteiger partial charge in [0.05, 0.1) is 0 Å². The number of carboxylic acid groups (broad SMARTS) is 1. The van der Waals surface area contributed by atoms with Gasteiger partial charge in [0.1, 0.15) is 0 Å². The first-order valence-electron chi connectivity index (χ1n) is 10.5. The molecule has 4 rings (SSSR count). The lowest BCUT2D eigenvalue weighted by Crippen LogP contribution is -2.28. The molecule has 184 valence electrons. The number of esters is 1. The SMILES string of the molecule is O=C(C=C1C(c2ccc(O)c(O)c2)=Cc2c1ccc(O)c2O)OC(Cc1ccc(O)c(O)c1)C(=O)O. The van der Waals surface area contributed by atoms with Crippen LogP contribution >= 0.6 is 0 Å². The van der Waals surface area contributed by atoms with Crippen LogP contribution in [0.15, 0.2) is 54.6 Å². The average molecular weight is 492 g/mol. The van der Waals surface area contributed by atoms with Gasteiger partial charge in [-0.25, -0.2) is 9.59 Å². The van der Waals surface area contributed by atoms with Crippen molar-refractivity contribution in [3.63, 3.8) is 0 Å². The first-order valence-corrected chi connectivity index (χ1v) is 10.5. The lowest BCUT2D eigenvalue weighted by Gasteiger charge is -2.14. The number of aromatic hydroxyl groups is 6. The van der Waals surface area contributed by atoms with Gasteiger partial charge in [-0.15, -0.1) is 0 Å². The highest BCUT2D eigenvalue weighted by Crippen LogP contribution is 2.48. The lowest BCUT2D eigenvalue weighted by atomic mass is 9.96. The van der Waals surface area contributed by atoms with E-state index in [-0.39, 0.29) is 29.1 Å². The Morgan fingerprint density at radius 2 is 1.44 bits per heavy atom. The third-order valence-corrected chi connectivity index (χ3v) is 5.61. The molecule has 0 radical (unpaired) electrons. The summed E-state index contributed by atoms with van der Waals surface area (Å²) in [5.41, 5.74) is 1.71. The van der Waals surface area contributed by atoms with Crippen molar-refractivity contribution in [1.82, 2.24) is 0 Å². The maximum absolute atomic E-state index is 12.8. The quantitative estimate of drug-likeness (QED) is 0.153. The molecular formula is C26H20O10. The minimum Gasteiger partial charge on any atom is -0.504 e. The van der Waals surface area contributed by atoms with Crippen molar-refractivity contribution in [2.24, 2.45) is 0 Å². The number of aliphatic carboxylic acids is 1. The zero-order valence-electron chi connectivity index (χ0n) is 18.4. The molecule has 1 unspecified atom stereocenters. The number of ether oxygens (including phenoxy) is 1. The van der Waals surface area contributed by atoms with Crippen molar-refractivity contribution in [1.29, 1.82) is 0 Å². The second-order valence-electron chi connectivity index (χ2n) is 8.01. The van der Waals surface area contributed by atoms with E-state index in [4.69, 9.17) is 4.74 Å². The molecule has 7 N–H and O–H groups in total. The van der Waals surface area contributed by atoms with Gasteiger partial charge in [-0.1, -0.05) is 12.1 Å². The average Bonchev–Trinajstić information content (AvgIpc) is 3.18. The molecule has 0 fully saturated rings. The topological polar surface area (TPSA) is 185 Å². The Morgan fingerprint density at radius 3 is 2.08 bits per heavy atom. The van der Waals surface area contributed by atoms with E-state index in [1.54, 1.807) is 0 Å². The third-order valence-electron chi connectivity index (χ3n) is 5.61. The lowest BCUT2D eigenvalue weighted by molar-refractivity contribution is -0.160. The van der Waals surface area contributed by atoms with E-state index in [1.807, 2.05) is 0 Å². The molecule has 10 nitrogen and oxygen atoms in total. The van der Waals surface area contributed by atoms with Crippen LogP contribution in [-0.4, -0.2) is 53.8 Å². The molecule has 0 saturated heterocycles. The van der Waals surface area contributed by atoms with E-state index < -0.39 is 41.0 Å². The predicted octanol–water partition coefficient (Wildman–Crippen LogP) is 3.10. The smallest absolute Gasteiger partial charge is 0.345 e. The second-order valence-corrected chi connectivity index (χ2v) is 8.01. The number of carbonyl (C=O) groups is 2. The molecule has 0 aliphatic heterocycles. The molecule has 10 heteroatoms. The summed E-state index contributed by atoms with van der Waals surface area (Å²) in [5.74, 6) is -4.96. The van der Waals surface area contributed by atoms with Crippen LogP contribution in [0.25, 0.3) is 17.2 Å². The van der Waals surface area contributed by atoms with Crippen LogP contribution in [0.3, 0.4) is 0 Å². The Balaban J connectivity index is 1.69. The molecule has 1 aliphatic rings. The molecule has 1 atom stereocenters. The van der Waals surface area contributed by atoms with Gasteiger partial charge in [-0.3, -0.25) is 0 Å². The van der Waals surface area contributed by atoms with Crippen molar-refractivity contribution < 1.29 is 50.1 Å². The minimum atomic E-state index is -1.63. The molecule has 0 bridgehead atoms. The number of benzene rings is 3. The van der Waals surface area contributed by atoms with E-state index in [2.05, 4.69) is 0 Å². The zero-order chi connectivity index (χ0) is 26.1. The molecule has 0 amide bonds. The largest absolute Gasteiger partial charge is 0.504 e. The standard InChI is InChI=1S/C26H20O10/c27-18-4-1-12(7-21(18)30)8-23(26(34)35)36-24(32)11-16-14-3-6-20(29)25(33)17(14)10-15(16)13-2-5-19(28)22(31)9-13/h1-7,9-11,23,27-31,33H,8H2,(H,34,35). The van der Waals surface area contributed by atoms with Crippen molar-refractivity contribution in [3.05, 3.63) is 76.9 Å². The number of rotatable bonds is 6. The fourth-order valence-corrected chi connectivity index (χ4v) is 3.81. The molecular weight excluding hydrogens is 472 g/mol. The zero-order valence-corrected chi connectivity index (χ0v) is 18.4. The van der Waals surface area contributed by atoms with E-state index in [9.17, 15) is 45.3 Å². The van der Waals surface area contributed by atoms with Crippen molar-refractivity contribution in [2.75, 3.05) is 0 Å². The summed E-state index contributed by atoms with van der Waals surface area (Å²) >= 11 is 0. The fraction of sp³-hybridized carbons (Fsp3) is 0.0769. The summed E-state index contributed by atoms with van der Waals surface area (Å²) in [7, 11) is 0. The fourth-order valence-electron chi connectivity index (χ4n) is 3.81. The summed E-state index contributed by atoms with van der Waals surface area (Å²) in [6.07, 6.45) is 0.557. The number of hydrogen-bond acceptors (Lipinski definition) is 9. The summed E-state index contributed by atoms with van der Waals surface area (Å²) in [5, 5.41) is 68.4. The monoisotopic (exact) mass is 492 g/mol. The second kappa shape index (κ2) is 9.26. The molecule has 0 heterocycles. The molecule has 0 aromatic heterocycles. The van der Waals surface area contributed by atoms with Gasteiger partial charge >= 0.3 is 11.9 Å². The van der Waals surface area contributed by atoms with E-state index in [0.717, 1.165) is 12.1 Å². The Kier molecular flexibility index (Phi) is 6.18. The normalized spacial score (nSPS) is 14.2. The van der Waals surface area contributed by atoms with Crippen LogP contribution in [-0.2, 0) is 20.7 Å². The first-order chi connectivity index (χ1) is 17.0. The molecule has 0 saturated carbocycles. The number of carbonyl (C=O) groups excluding carboxylic acids is 1. The van der Waals surface area contributed by atoms with Crippen LogP contribution in [0.4, 0.5) is 0 Å². The molecule has 0 spiro atoms. The Hall–Kier alpha value is -5.12. The number of fused-ring (bicyclic) bond motifs is 1. The van der Waals surface area contributed by atoms with Crippen LogP contribution in [0.2, 0.25) is 0 Å².